The number of para-hydroxylation sites is 1. The maximum absolute atomic E-state index is 5.10. The Morgan fingerprint density at radius 2 is 1.24 bits per heavy atom. The third kappa shape index (κ3) is 4.25. The minimum atomic E-state index is -0.171. The van der Waals surface area contributed by atoms with Gasteiger partial charge in [0.2, 0.25) is 0 Å². The Morgan fingerprint density at radius 3 is 2.02 bits per heavy atom. The molecule has 0 fully saturated rings. The lowest BCUT2D eigenvalue weighted by molar-refractivity contribution is 0.409. The number of aliphatic imine (C=N–C) groups is 1. The Kier molecular flexibility index (Phi) is 6.39. The summed E-state index contributed by atoms with van der Waals surface area (Å²) in [6.45, 7) is 4.79. The normalized spacial score (nSPS) is 17.8. The predicted molar refractivity (Wildman–Crippen MR) is 207 cm³/mol. The lowest BCUT2D eigenvalue weighted by atomic mass is 9.79. The second-order valence-electron chi connectivity index (χ2n) is 14.0. The number of nitrogens with zero attached hydrogens (tertiary/aromatic N) is 2. The van der Waals surface area contributed by atoms with Gasteiger partial charge < -0.3 is 9.88 Å². The molecular weight excluding hydrogens is 609 g/mol. The maximum Gasteiger partial charge on any atom is 0.131 e. The molecule has 50 heavy (non-hydrogen) atoms. The van der Waals surface area contributed by atoms with E-state index in [-0.39, 0.29) is 17.7 Å². The second-order valence-corrected chi connectivity index (χ2v) is 14.0. The summed E-state index contributed by atoms with van der Waals surface area (Å²) < 4.78 is 2.49. The predicted octanol–water partition coefficient (Wildman–Crippen LogP) is 10.6. The van der Waals surface area contributed by atoms with E-state index in [0.29, 0.717) is 0 Å². The van der Waals surface area contributed by atoms with Gasteiger partial charge in [-0.05, 0) is 57.0 Å². The van der Waals surface area contributed by atoms with E-state index in [4.69, 9.17) is 4.99 Å². The minimum absolute atomic E-state index is 0.122. The van der Waals surface area contributed by atoms with Crippen LogP contribution in [0.5, 0.6) is 0 Å². The zero-order chi connectivity index (χ0) is 33.4. The fourth-order valence-corrected chi connectivity index (χ4v) is 8.56. The molecule has 10 rings (SSSR count). The number of amidine groups is 1. The Hall–Kier alpha value is -5.97. The summed E-state index contributed by atoms with van der Waals surface area (Å²) >= 11 is 0. The van der Waals surface area contributed by atoms with Crippen LogP contribution in [0.1, 0.15) is 54.0 Å². The van der Waals surface area contributed by atoms with Gasteiger partial charge in [0, 0.05) is 32.8 Å². The van der Waals surface area contributed by atoms with E-state index >= 15 is 0 Å². The summed E-state index contributed by atoms with van der Waals surface area (Å²) in [7, 11) is 0. The van der Waals surface area contributed by atoms with Crippen molar-refractivity contribution in [1.82, 2.24) is 15.2 Å². The van der Waals surface area contributed by atoms with Crippen molar-refractivity contribution < 1.29 is 0 Å². The zero-order valence-electron chi connectivity index (χ0n) is 28.1. The van der Waals surface area contributed by atoms with E-state index in [1.54, 1.807) is 0 Å². The average Bonchev–Trinajstić information content (AvgIpc) is 3.65. The van der Waals surface area contributed by atoms with Crippen molar-refractivity contribution in [2.45, 2.75) is 31.6 Å². The first-order chi connectivity index (χ1) is 24.6. The largest absolute Gasteiger partial charge is 0.350 e. The van der Waals surface area contributed by atoms with Gasteiger partial charge in [0.1, 0.15) is 18.2 Å². The fourth-order valence-electron chi connectivity index (χ4n) is 8.56. The van der Waals surface area contributed by atoms with E-state index < -0.39 is 0 Å². The molecule has 240 valence electrons. The fraction of sp³-hybridized carbons (Fsp3) is 0.109. The first kappa shape index (κ1) is 29.0. The molecule has 0 amide bonds. The topological polar surface area (TPSA) is 41.4 Å². The molecule has 1 aromatic heterocycles. The van der Waals surface area contributed by atoms with Gasteiger partial charge in [0.15, 0.2) is 0 Å². The van der Waals surface area contributed by atoms with Crippen LogP contribution in [-0.4, -0.2) is 10.4 Å². The van der Waals surface area contributed by atoms with Crippen molar-refractivity contribution in [2.75, 3.05) is 0 Å². The molecule has 7 aromatic carbocycles. The third-order valence-electron chi connectivity index (χ3n) is 10.8. The standard InChI is InChI=1S/C46H36N4/c1-46(2)37-23-13-11-21-35(37)39-33-19-9-10-20-34(33)42-40(41(39)46)36-22-12-14-24-38(36)50(42)32-27-25-31(26-28-32)45-48-43(29-15-5-3-6-16-29)47-44(49-45)30-17-7-4-8-18-30/h3-28,43,45,48H,1-2H3,(H,47,49). The molecule has 8 aromatic rings. The molecule has 2 atom stereocenters. The molecule has 2 heterocycles. The summed E-state index contributed by atoms with van der Waals surface area (Å²) in [6.07, 6.45) is -0.292. The van der Waals surface area contributed by atoms with Crippen molar-refractivity contribution >= 4 is 38.4 Å². The van der Waals surface area contributed by atoms with Gasteiger partial charge in [-0.3, -0.25) is 5.32 Å². The Bertz CT molecular complexity index is 2610. The molecule has 4 nitrogen and oxygen atoms in total. The van der Waals surface area contributed by atoms with E-state index in [2.05, 4.69) is 181 Å². The lowest BCUT2D eigenvalue weighted by Gasteiger charge is -2.32. The Morgan fingerprint density at radius 1 is 0.600 bits per heavy atom. The van der Waals surface area contributed by atoms with E-state index in [1.165, 1.54) is 54.8 Å². The molecule has 1 aliphatic heterocycles. The number of hydrogen-bond donors (Lipinski definition) is 2. The van der Waals surface area contributed by atoms with Gasteiger partial charge in [0.25, 0.3) is 0 Å². The van der Waals surface area contributed by atoms with E-state index in [1.807, 2.05) is 6.07 Å². The van der Waals surface area contributed by atoms with Crippen LogP contribution in [0.4, 0.5) is 0 Å². The zero-order valence-corrected chi connectivity index (χ0v) is 28.1. The summed E-state index contributed by atoms with van der Waals surface area (Å²) in [5.74, 6) is 0.888. The highest BCUT2D eigenvalue weighted by atomic mass is 15.3. The molecular formula is C46H36N4. The maximum atomic E-state index is 5.10. The number of fused-ring (bicyclic) bond motifs is 10. The first-order valence-corrected chi connectivity index (χ1v) is 17.5. The number of hydrogen-bond acceptors (Lipinski definition) is 3. The Labute approximate surface area is 291 Å². The molecule has 2 N–H and O–H groups in total. The van der Waals surface area contributed by atoms with Crippen LogP contribution in [0.2, 0.25) is 0 Å². The number of benzene rings is 7. The summed E-state index contributed by atoms with van der Waals surface area (Å²) in [5.41, 5.74) is 12.4. The van der Waals surface area contributed by atoms with Crippen molar-refractivity contribution in [3.8, 4) is 16.8 Å². The minimum Gasteiger partial charge on any atom is -0.350 e. The molecule has 0 saturated carbocycles. The number of nitrogens with one attached hydrogen (secondary N) is 2. The van der Waals surface area contributed by atoms with Crippen LogP contribution < -0.4 is 10.6 Å². The van der Waals surface area contributed by atoms with Crippen LogP contribution in [0.15, 0.2) is 163 Å². The smallest absolute Gasteiger partial charge is 0.131 e. The molecule has 4 heteroatoms. The molecule has 0 bridgehead atoms. The monoisotopic (exact) mass is 644 g/mol. The van der Waals surface area contributed by atoms with Crippen molar-refractivity contribution in [2.24, 2.45) is 4.99 Å². The summed E-state index contributed by atoms with van der Waals surface area (Å²) in [6, 6.07) is 56.8. The third-order valence-corrected chi connectivity index (χ3v) is 10.8. The molecule has 0 spiro atoms. The molecule has 0 saturated heterocycles. The van der Waals surface area contributed by atoms with Gasteiger partial charge in [-0.2, -0.15) is 0 Å². The van der Waals surface area contributed by atoms with Gasteiger partial charge >= 0.3 is 0 Å². The van der Waals surface area contributed by atoms with Crippen LogP contribution in [-0.2, 0) is 5.41 Å². The highest BCUT2D eigenvalue weighted by Crippen LogP contribution is 2.56. The average molecular weight is 645 g/mol. The first-order valence-electron chi connectivity index (χ1n) is 17.5. The SMILES string of the molecule is CC1(C)c2ccccc2-c2c1c1c3ccccc3n(-c3ccc(C4NC(c5ccccc5)=NC(c5ccccc5)N4)cc3)c1c1ccccc21. The summed E-state index contributed by atoms with van der Waals surface area (Å²) in [5, 5.41) is 12.7. The Balaban J connectivity index is 1.15. The quantitative estimate of drug-likeness (QED) is 0.200. The highest BCUT2D eigenvalue weighted by Gasteiger charge is 2.39. The molecule has 2 unspecified atom stereocenters. The molecule has 1 aliphatic carbocycles. The van der Waals surface area contributed by atoms with Crippen LogP contribution >= 0.6 is 0 Å². The molecule has 2 aliphatic rings. The van der Waals surface area contributed by atoms with E-state index in [0.717, 1.165) is 28.2 Å². The number of rotatable bonds is 4. The van der Waals surface area contributed by atoms with Gasteiger partial charge in [-0.15, -0.1) is 0 Å². The summed E-state index contributed by atoms with van der Waals surface area (Å²) in [4.78, 5) is 5.10. The van der Waals surface area contributed by atoms with Crippen molar-refractivity contribution in [3.05, 3.63) is 186 Å². The molecule has 0 radical (unpaired) electrons. The van der Waals surface area contributed by atoms with Gasteiger partial charge in [-0.1, -0.05) is 153 Å². The lowest BCUT2D eigenvalue weighted by Crippen LogP contribution is -2.44. The van der Waals surface area contributed by atoms with Crippen LogP contribution in [0.3, 0.4) is 0 Å². The van der Waals surface area contributed by atoms with Gasteiger partial charge in [0.05, 0.1) is 11.0 Å². The second kappa shape index (κ2) is 11.0. The highest BCUT2D eigenvalue weighted by molar-refractivity contribution is 6.25. The van der Waals surface area contributed by atoms with Crippen LogP contribution in [0, 0.1) is 0 Å². The van der Waals surface area contributed by atoms with Crippen molar-refractivity contribution in [3.63, 3.8) is 0 Å². The van der Waals surface area contributed by atoms with Crippen LogP contribution in [0.25, 0.3) is 49.4 Å². The van der Waals surface area contributed by atoms with Gasteiger partial charge in [-0.25, -0.2) is 4.99 Å². The van der Waals surface area contributed by atoms with E-state index in [9.17, 15) is 0 Å². The number of aromatic nitrogens is 1. The van der Waals surface area contributed by atoms with Crippen molar-refractivity contribution in [1.29, 1.82) is 0 Å².